The molecular formula is C15H21N3O. The summed E-state index contributed by atoms with van der Waals surface area (Å²) < 4.78 is 7.36. The Hall–Kier alpha value is -1.81. The van der Waals surface area contributed by atoms with Crippen LogP contribution in [0, 0.1) is 0 Å². The number of ether oxygens (including phenoxy) is 1. The minimum absolute atomic E-state index is 0.381. The van der Waals surface area contributed by atoms with Crippen LogP contribution in [0.4, 0.5) is 0 Å². The Bertz CT molecular complexity index is 465. The fraction of sp³-hybridized carbons (Fsp3) is 0.400. The molecule has 1 heterocycles. The van der Waals surface area contributed by atoms with Gasteiger partial charge in [0, 0.05) is 25.0 Å². The first-order valence-electron chi connectivity index (χ1n) is 6.70. The summed E-state index contributed by atoms with van der Waals surface area (Å²) in [6.45, 7) is 6.60. The molecule has 1 aromatic carbocycles. The molecule has 0 spiro atoms. The molecule has 0 saturated carbocycles. The highest BCUT2D eigenvalue weighted by atomic mass is 16.5. The van der Waals surface area contributed by atoms with E-state index in [1.165, 1.54) is 5.56 Å². The van der Waals surface area contributed by atoms with Gasteiger partial charge < -0.3 is 10.1 Å². The zero-order chi connectivity index (χ0) is 13.5. The lowest BCUT2D eigenvalue weighted by atomic mass is 10.2. The molecule has 0 aliphatic carbocycles. The van der Waals surface area contributed by atoms with Crippen LogP contribution in [0.15, 0.2) is 42.7 Å². The molecule has 1 unspecified atom stereocenters. The molecule has 2 rings (SSSR count). The van der Waals surface area contributed by atoms with Crippen LogP contribution in [-0.4, -0.2) is 22.4 Å². The van der Waals surface area contributed by atoms with Crippen LogP contribution >= 0.6 is 0 Å². The molecule has 4 heteroatoms. The van der Waals surface area contributed by atoms with Crippen molar-refractivity contribution in [3.05, 3.63) is 48.3 Å². The molecule has 0 amide bonds. The summed E-state index contributed by atoms with van der Waals surface area (Å²) in [4.78, 5) is 0. The summed E-state index contributed by atoms with van der Waals surface area (Å²) in [5.74, 6) is 0.927. The van der Waals surface area contributed by atoms with Crippen molar-refractivity contribution < 1.29 is 4.74 Å². The first-order chi connectivity index (χ1) is 9.28. The van der Waals surface area contributed by atoms with E-state index in [1.54, 1.807) is 6.20 Å². The van der Waals surface area contributed by atoms with Gasteiger partial charge in [0.05, 0.1) is 13.2 Å². The second kappa shape index (κ2) is 6.95. The van der Waals surface area contributed by atoms with Crippen LogP contribution in [0.5, 0.6) is 5.75 Å². The lowest BCUT2D eigenvalue weighted by molar-refractivity contribution is 0.340. The number of rotatable bonds is 7. The molecule has 2 aromatic rings. The molecule has 4 nitrogen and oxygen atoms in total. The van der Waals surface area contributed by atoms with E-state index in [-0.39, 0.29) is 0 Å². The van der Waals surface area contributed by atoms with Crippen molar-refractivity contribution in [1.29, 1.82) is 0 Å². The summed E-state index contributed by atoms with van der Waals surface area (Å²) in [5, 5.41) is 7.69. The molecule has 0 bridgehead atoms. The summed E-state index contributed by atoms with van der Waals surface area (Å²) in [7, 11) is 0. The average Bonchev–Trinajstić information content (AvgIpc) is 2.91. The second-order valence-corrected chi connectivity index (χ2v) is 4.59. The normalized spacial score (nSPS) is 12.3. The van der Waals surface area contributed by atoms with E-state index in [2.05, 4.69) is 29.5 Å². The molecule has 0 aliphatic rings. The third-order valence-corrected chi connectivity index (χ3v) is 2.91. The summed E-state index contributed by atoms with van der Waals surface area (Å²) in [6.07, 6.45) is 3.79. The van der Waals surface area contributed by atoms with E-state index in [0.29, 0.717) is 12.6 Å². The Morgan fingerprint density at radius 2 is 2.11 bits per heavy atom. The summed E-state index contributed by atoms with van der Waals surface area (Å²) in [5.41, 5.74) is 1.26. The average molecular weight is 259 g/mol. The number of nitrogens with one attached hydrogen (secondary N) is 1. The van der Waals surface area contributed by atoms with Crippen molar-refractivity contribution >= 4 is 0 Å². The van der Waals surface area contributed by atoms with Crippen molar-refractivity contribution in [3.63, 3.8) is 0 Å². The molecule has 1 atom stereocenters. The summed E-state index contributed by atoms with van der Waals surface area (Å²) >= 11 is 0. The largest absolute Gasteiger partial charge is 0.494 e. The first kappa shape index (κ1) is 13.6. The van der Waals surface area contributed by atoms with E-state index in [4.69, 9.17) is 4.74 Å². The molecular weight excluding hydrogens is 238 g/mol. The maximum absolute atomic E-state index is 5.42. The van der Waals surface area contributed by atoms with Gasteiger partial charge in [-0.3, -0.25) is 4.68 Å². The van der Waals surface area contributed by atoms with Gasteiger partial charge in [0.2, 0.25) is 0 Å². The van der Waals surface area contributed by atoms with Gasteiger partial charge in [-0.15, -0.1) is 0 Å². The predicted molar refractivity (Wildman–Crippen MR) is 76.1 cm³/mol. The predicted octanol–water partition coefficient (Wildman–Crippen LogP) is 2.46. The number of aromatic nitrogens is 2. The van der Waals surface area contributed by atoms with Crippen molar-refractivity contribution in [2.75, 3.05) is 6.61 Å². The highest BCUT2D eigenvalue weighted by Crippen LogP contribution is 2.12. The summed E-state index contributed by atoms with van der Waals surface area (Å²) in [6, 6.07) is 10.5. The first-order valence-corrected chi connectivity index (χ1v) is 6.70. The second-order valence-electron chi connectivity index (χ2n) is 4.59. The zero-order valence-corrected chi connectivity index (χ0v) is 11.5. The van der Waals surface area contributed by atoms with Crippen molar-refractivity contribution in [3.8, 4) is 5.75 Å². The van der Waals surface area contributed by atoms with Crippen LogP contribution in [-0.2, 0) is 13.1 Å². The highest BCUT2D eigenvalue weighted by molar-refractivity contribution is 5.27. The lowest BCUT2D eigenvalue weighted by Gasteiger charge is -2.14. The van der Waals surface area contributed by atoms with Gasteiger partial charge in [-0.2, -0.15) is 5.10 Å². The molecule has 19 heavy (non-hydrogen) atoms. The highest BCUT2D eigenvalue weighted by Gasteiger charge is 2.03. The van der Waals surface area contributed by atoms with E-state index in [1.807, 2.05) is 36.0 Å². The third kappa shape index (κ3) is 4.41. The molecule has 1 N–H and O–H groups in total. The smallest absolute Gasteiger partial charge is 0.119 e. The standard InChI is InChI=1S/C15H21N3O/c1-3-19-15-7-5-14(6-8-15)11-16-13(2)12-18-10-4-9-17-18/h4-10,13,16H,3,11-12H2,1-2H3. The Kier molecular flexibility index (Phi) is 4.98. The van der Waals surface area contributed by atoms with Gasteiger partial charge in [0.25, 0.3) is 0 Å². The van der Waals surface area contributed by atoms with E-state index >= 15 is 0 Å². The SMILES string of the molecule is CCOc1ccc(CNC(C)Cn2cccn2)cc1. The third-order valence-electron chi connectivity index (χ3n) is 2.91. The maximum Gasteiger partial charge on any atom is 0.119 e. The molecule has 1 aromatic heterocycles. The number of nitrogens with zero attached hydrogens (tertiary/aromatic N) is 2. The van der Waals surface area contributed by atoms with Crippen LogP contribution in [0.3, 0.4) is 0 Å². The Morgan fingerprint density at radius 3 is 2.74 bits per heavy atom. The van der Waals surface area contributed by atoms with Crippen molar-refractivity contribution in [2.45, 2.75) is 33.0 Å². The quantitative estimate of drug-likeness (QED) is 0.830. The van der Waals surface area contributed by atoms with Crippen LogP contribution in [0.1, 0.15) is 19.4 Å². The van der Waals surface area contributed by atoms with Gasteiger partial charge >= 0.3 is 0 Å². The zero-order valence-electron chi connectivity index (χ0n) is 11.5. The van der Waals surface area contributed by atoms with Gasteiger partial charge in [0.1, 0.15) is 5.75 Å². The Balaban J connectivity index is 1.78. The molecule has 0 aliphatic heterocycles. The monoisotopic (exact) mass is 259 g/mol. The minimum atomic E-state index is 0.381. The van der Waals surface area contributed by atoms with Crippen LogP contribution in [0.25, 0.3) is 0 Å². The van der Waals surface area contributed by atoms with Gasteiger partial charge in [0.15, 0.2) is 0 Å². The number of hydrogen-bond acceptors (Lipinski definition) is 3. The Labute approximate surface area is 114 Å². The molecule has 0 saturated heterocycles. The van der Waals surface area contributed by atoms with Gasteiger partial charge in [-0.25, -0.2) is 0 Å². The van der Waals surface area contributed by atoms with E-state index < -0.39 is 0 Å². The fourth-order valence-corrected chi connectivity index (χ4v) is 1.92. The number of benzene rings is 1. The van der Waals surface area contributed by atoms with E-state index in [0.717, 1.165) is 18.8 Å². The van der Waals surface area contributed by atoms with Gasteiger partial charge in [-0.1, -0.05) is 12.1 Å². The van der Waals surface area contributed by atoms with Crippen LogP contribution in [0.2, 0.25) is 0 Å². The lowest BCUT2D eigenvalue weighted by Crippen LogP contribution is -2.30. The topological polar surface area (TPSA) is 39.1 Å². The van der Waals surface area contributed by atoms with Crippen molar-refractivity contribution in [2.24, 2.45) is 0 Å². The maximum atomic E-state index is 5.42. The molecule has 0 fully saturated rings. The van der Waals surface area contributed by atoms with E-state index in [9.17, 15) is 0 Å². The van der Waals surface area contributed by atoms with Gasteiger partial charge in [-0.05, 0) is 37.6 Å². The molecule has 0 radical (unpaired) electrons. The fourth-order valence-electron chi connectivity index (χ4n) is 1.92. The molecule has 102 valence electrons. The Morgan fingerprint density at radius 1 is 1.32 bits per heavy atom. The van der Waals surface area contributed by atoms with Crippen LogP contribution < -0.4 is 10.1 Å². The van der Waals surface area contributed by atoms with Crippen molar-refractivity contribution in [1.82, 2.24) is 15.1 Å². The minimum Gasteiger partial charge on any atom is -0.494 e. The number of hydrogen-bond donors (Lipinski definition) is 1.